The van der Waals surface area contributed by atoms with Gasteiger partial charge in [0.15, 0.2) is 0 Å². The first-order valence-corrected chi connectivity index (χ1v) is 7.43. The Labute approximate surface area is 124 Å². The summed E-state index contributed by atoms with van der Waals surface area (Å²) >= 11 is 0. The smallest absolute Gasteiger partial charge is 0.411 e. The fraction of sp³-hybridized carbons (Fsp3) is 0.278. The van der Waals surface area contributed by atoms with E-state index in [0.717, 1.165) is 24.9 Å². The summed E-state index contributed by atoms with van der Waals surface area (Å²) in [5.74, 6) is 0. The molecule has 3 nitrogen and oxygen atoms in total. The second-order valence-corrected chi connectivity index (χ2v) is 5.28. The van der Waals surface area contributed by atoms with Crippen molar-refractivity contribution in [1.29, 1.82) is 0 Å². The number of fused-ring (bicyclic) bond motifs is 3. The van der Waals surface area contributed by atoms with Crippen molar-refractivity contribution in [3.8, 4) is 11.1 Å². The summed E-state index contributed by atoms with van der Waals surface area (Å²) in [6.45, 7) is 2.54. The van der Waals surface area contributed by atoms with Crippen LogP contribution in [-0.2, 0) is 11.2 Å². The zero-order valence-electron chi connectivity index (χ0n) is 12.2. The highest BCUT2D eigenvalue weighted by Crippen LogP contribution is 2.39. The molecular formula is C18H19NO2. The highest BCUT2D eigenvalue weighted by atomic mass is 16.5. The molecule has 1 aliphatic carbocycles. The normalized spacial score (nSPS) is 11.7. The van der Waals surface area contributed by atoms with Gasteiger partial charge < -0.3 is 4.74 Å². The summed E-state index contributed by atoms with van der Waals surface area (Å²) in [5, 5.41) is 2.87. The van der Waals surface area contributed by atoms with E-state index < -0.39 is 0 Å². The lowest BCUT2D eigenvalue weighted by atomic mass is 10.1. The van der Waals surface area contributed by atoms with E-state index in [9.17, 15) is 4.79 Å². The summed E-state index contributed by atoms with van der Waals surface area (Å²) in [5.41, 5.74) is 5.80. The molecule has 0 aliphatic heterocycles. The first-order valence-electron chi connectivity index (χ1n) is 7.43. The van der Waals surface area contributed by atoms with E-state index in [-0.39, 0.29) is 6.09 Å². The van der Waals surface area contributed by atoms with Crippen LogP contribution in [0.3, 0.4) is 0 Å². The molecule has 3 heteroatoms. The summed E-state index contributed by atoms with van der Waals surface area (Å²) in [7, 11) is 0. The minimum absolute atomic E-state index is 0.368. The van der Waals surface area contributed by atoms with Gasteiger partial charge in [-0.1, -0.05) is 49.7 Å². The molecule has 1 N–H and O–H groups in total. The van der Waals surface area contributed by atoms with Crippen LogP contribution >= 0.6 is 0 Å². The number of hydrogen-bond donors (Lipinski definition) is 1. The maximum Gasteiger partial charge on any atom is 0.411 e. The van der Waals surface area contributed by atoms with Crippen LogP contribution in [0.15, 0.2) is 42.5 Å². The number of carbonyl (C=O) groups is 1. The van der Waals surface area contributed by atoms with Crippen molar-refractivity contribution in [2.75, 3.05) is 11.9 Å². The van der Waals surface area contributed by atoms with E-state index in [4.69, 9.17) is 4.74 Å². The van der Waals surface area contributed by atoms with Crippen molar-refractivity contribution in [3.05, 3.63) is 53.6 Å². The lowest BCUT2D eigenvalue weighted by Crippen LogP contribution is -2.15. The molecule has 0 radical (unpaired) electrons. The van der Waals surface area contributed by atoms with Crippen LogP contribution in [0.1, 0.15) is 30.9 Å². The minimum atomic E-state index is -0.368. The maximum absolute atomic E-state index is 11.8. The second kappa shape index (κ2) is 6.00. The number of hydrogen-bond acceptors (Lipinski definition) is 2. The number of ether oxygens (including phenoxy) is 1. The van der Waals surface area contributed by atoms with Gasteiger partial charge in [-0.2, -0.15) is 0 Å². The zero-order chi connectivity index (χ0) is 14.7. The molecule has 2 aromatic rings. The number of anilines is 1. The third kappa shape index (κ3) is 2.77. The van der Waals surface area contributed by atoms with Gasteiger partial charge in [-0.3, -0.25) is 5.32 Å². The average Bonchev–Trinajstić information content (AvgIpc) is 2.87. The molecule has 0 saturated heterocycles. The first kappa shape index (κ1) is 13.7. The van der Waals surface area contributed by atoms with Gasteiger partial charge in [-0.05, 0) is 34.7 Å². The van der Waals surface area contributed by atoms with E-state index in [1.54, 1.807) is 0 Å². The molecule has 0 fully saturated rings. The molecule has 108 valence electrons. The molecule has 0 bridgehead atoms. The van der Waals surface area contributed by atoms with Crippen LogP contribution in [0.5, 0.6) is 0 Å². The van der Waals surface area contributed by atoms with E-state index >= 15 is 0 Å². The number of carbonyl (C=O) groups excluding carboxylic acids is 1. The highest BCUT2D eigenvalue weighted by Gasteiger charge is 2.21. The zero-order valence-corrected chi connectivity index (χ0v) is 12.2. The summed E-state index contributed by atoms with van der Waals surface area (Å²) in [6.07, 6.45) is 2.40. The van der Waals surface area contributed by atoms with E-state index in [2.05, 4.69) is 36.5 Å². The fourth-order valence-corrected chi connectivity index (χ4v) is 2.73. The van der Waals surface area contributed by atoms with Crippen molar-refractivity contribution in [2.45, 2.75) is 26.2 Å². The van der Waals surface area contributed by atoms with E-state index in [1.165, 1.54) is 22.3 Å². The Hall–Kier alpha value is -2.29. The lowest BCUT2D eigenvalue weighted by Gasteiger charge is -2.10. The van der Waals surface area contributed by atoms with Crippen LogP contribution < -0.4 is 5.32 Å². The van der Waals surface area contributed by atoms with Crippen LogP contribution in [0.25, 0.3) is 11.1 Å². The van der Waals surface area contributed by atoms with Crippen LogP contribution in [-0.4, -0.2) is 12.7 Å². The molecule has 0 atom stereocenters. The summed E-state index contributed by atoms with van der Waals surface area (Å²) in [4.78, 5) is 11.8. The van der Waals surface area contributed by atoms with Gasteiger partial charge in [0, 0.05) is 12.1 Å². The monoisotopic (exact) mass is 281 g/mol. The molecule has 2 aromatic carbocycles. The van der Waals surface area contributed by atoms with Gasteiger partial charge in [0.2, 0.25) is 0 Å². The molecular weight excluding hydrogens is 262 g/mol. The van der Waals surface area contributed by atoms with Gasteiger partial charge in [0.05, 0.1) is 6.61 Å². The van der Waals surface area contributed by atoms with Gasteiger partial charge in [-0.15, -0.1) is 0 Å². The largest absolute Gasteiger partial charge is 0.449 e. The molecule has 0 aromatic heterocycles. The van der Waals surface area contributed by atoms with Crippen molar-refractivity contribution in [3.63, 3.8) is 0 Å². The van der Waals surface area contributed by atoms with E-state index in [1.807, 2.05) is 18.2 Å². The Kier molecular flexibility index (Phi) is 3.91. The van der Waals surface area contributed by atoms with Crippen LogP contribution in [0.2, 0.25) is 0 Å². The molecule has 0 spiro atoms. The maximum atomic E-state index is 11.8. The Morgan fingerprint density at radius 3 is 2.81 bits per heavy atom. The van der Waals surface area contributed by atoms with Crippen molar-refractivity contribution >= 4 is 11.8 Å². The molecule has 0 saturated carbocycles. The predicted molar refractivity (Wildman–Crippen MR) is 84.6 cm³/mol. The molecule has 0 heterocycles. The van der Waals surface area contributed by atoms with Crippen LogP contribution in [0.4, 0.5) is 10.5 Å². The SMILES string of the molecule is CCCCOC(=O)Nc1cccc2c1Cc1ccccc1-2. The molecule has 1 amide bonds. The van der Waals surface area contributed by atoms with Crippen LogP contribution in [0, 0.1) is 0 Å². The number of benzene rings is 2. The Morgan fingerprint density at radius 1 is 1.14 bits per heavy atom. The van der Waals surface area contributed by atoms with Gasteiger partial charge in [0.1, 0.15) is 0 Å². The van der Waals surface area contributed by atoms with Crippen molar-refractivity contribution in [2.24, 2.45) is 0 Å². The standard InChI is InChI=1S/C18H19NO2/c1-2-3-11-21-18(20)19-17-10-6-9-15-14-8-5-4-7-13(14)12-16(15)17/h4-10H,2-3,11-12H2,1H3,(H,19,20). The number of amides is 1. The molecule has 1 aliphatic rings. The fourth-order valence-electron chi connectivity index (χ4n) is 2.73. The first-order chi connectivity index (χ1) is 10.3. The number of rotatable bonds is 4. The topological polar surface area (TPSA) is 38.3 Å². The van der Waals surface area contributed by atoms with Gasteiger partial charge in [-0.25, -0.2) is 4.79 Å². The summed E-state index contributed by atoms with van der Waals surface area (Å²) in [6, 6.07) is 14.4. The Balaban J connectivity index is 1.79. The minimum Gasteiger partial charge on any atom is -0.449 e. The molecule has 0 unspecified atom stereocenters. The predicted octanol–water partition coefficient (Wildman–Crippen LogP) is 4.61. The second-order valence-electron chi connectivity index (χ2n) is 5.28. The lowest BCUT2D eigenvalue weighted by molar-refractivity contribution is 0.160. The average molecular weight is 281 g/mol. The molecule has 3 rings (SSSR count). The molecule has 21 heavy (non-hydrogen) atoms. The Morgan fingerprint density at radius 2 is 1.95 bits per heavy atom. The van der Waals surface area contributed by atoms with Gasteiger partial charge in [0.25, 0.3) is 0 Å². The third-order valence-corrected chi connectivity index (χ3v) is 3.82. The van der Waals surface area contributed by atoms with E-state index in [0.29, 0.717) is 6.61 Å². The van der Waals surface area contributed by atoms with Crippen molar-refractivity contribution in [1.82, 2.24) is 0 Å². The van der Waals surface area contributed by atoms with Crippen molar-refractivity contribution < 1.29 is 9.53 Å². The Bertz CT molecular complexity index is 664. The summed E-state index contributed by atoms with van der Waals surface area (Å²) < 4.78 is 5.17. The number of nitrogens with one attached hydrogen (secondary N) is 1. The van der Waals surface area contributed by atoms with Gasteiger partial charge >= 0.3 is 6.09 Å². The third-order valence-electron chi connectivity index (χ3n) is 3.82. The number of unbranched alkanes of at least 4 members (excludes halogenated alkanes) is 1. The quantitative estimate of drug-likeness (QED) is 0.709. The highest BCUT2D eigenvalue weighted by molar-refractivity contribution is 5.90.